The molecule has 0 aliphatic carbocycles. The maximum Gasteiger partial charge on any atom is 0.210 e. The number of nitrogen functional groups attached to an aromatic ring is 1. The van der Waals surface area contributed by atoms with Gasteiger partial charge in [0.05, 0.1) is 30.6 Å². The summed E-state index contributed by atoms with van der Waals surface area (Å²) in [5, 5.41) is 17.7. The van der Waals surface area contributed by atoms with Crippen molar-refractivity contribution in [3.63, 3.8) is 0 Å². The molecule has 11 heteroatoms. The Hall–Kier alpha value is -4.17. The van der Waals surface area contributed by atoms with Gasteiger partial charge in [0.1, 0.15) is 28.7 Å². The van der Waals surface area contributed by atoms with Crippen molar-refractivity contribution in [2.45, 2.75) is 32.6 Å². The first-order valence-electron chi connectivity index (χ1n) is 9.95. The van der Waals surface area contributed by atoms with Crippen LogP contribution in [0.1, 0.15) is 25.1 Å². The Morgan fingerprint density at radius 3 is 2.94 bits per heavy atom. The average Bonchev–Trinajstić information content (AvgIpc) is 3.27. The van der Waals surface area contributed by atoms with E-state index in [1.54, 1.807) is 23.7 Å². The van der Waals surface area contributed by atoms with E-state index in [-0.39, 0.29) is 5.60 Å². The van der Waals surface area contributed by atoms with Gasteiger partial charge in [0, 0.05) is 25.4 Å². The van der Waals surface area contributed by atoms with Crippen LogP contribution in [0, 0.1) is 11.3 Å². The normalized spacial score (nSPS) is 14.7. The van der Waals surface area contributed by atoms with Crippen molar-refractivity contribution in [3.05, 3.63) is 41.9 Å². The lowest BCUT2D eigenvalue weighted by atomic mass is 10.1. The van der Waals surface area contributed by atoms with Crippen LogP contribution >= 0.6 is 0 Å². The molecule has 5 rings (SSSR count). The summed E-state index contributed by atoms with van der Waals surface area (Å²) in [6.07, 6.45) is 3.01. The van der Waals surface area contributed by atoms with E-state index >= 15 is 0 Å². The Morgan fingerprint density at radius 2 is 2.16 bits per heavy atom. The van der Waals surface area contributed by atoms with Crippen LogP contribution < -0.4 is 15.8 Å². The largest absolute Gasteiger partial charge is 0.454 e. The number of aryl methyl sites for hydroxylation is 1. The molecular formula is C21H21N9O2. The van der Waals surface area contributed by atoms with Gasteiger partial charge in [0.2, 0.25) is 5.95 Å². The van der Waals surface area contributed by atoms with Crippen LogP contribution in [-0.4, -0.2) is 34.9 Å². The Kier molecular flexibility index (Phi) is 4.45. The summed E-state index contributed by atoms with van der Waals surface area (Å²) >= 11 is 0. The van der Waals surface area contributed by atoms with Crippen LogP contribution in [0.15, 0.2) is 30.6 Å². The third-order valence-electron chi connectivity index (χ3n) is 5.20. The lowest BCUT2D eigenvalue weighted by Crippen LogP contribution is -2.36. The molecule has 4 aromatic rings. The number of rotatable bonds is 4. The number of anilines is 3. The minimum Gasteiger partial charge on any atom is -0.454 e. The number of imidazole rings is 1. The summed E-state index contributed by atoms with van der Waals surface area (Å²) in [5.74, 6) is 2.23. The van der Waals surface area contributed by atoms with E-state index in [1.165, 1.54) is 12.4 Å². The number of fused-ring (bicyclic) bond motifs is 2. The zero-order valence-corrected chi connectivity index (χ0v) is 17.8. The van der Waals surface area contributed by atoms with E-state index in [0.717, 1.165) is 5.69 Å². The number of aromatic nitrogens is 6. The van der Waals surface area contributed by atoms with Gasteiger partial charge in [-0.25, -0.2) is 9.97 Å². The SMILES string of the molecule is Cn1c(Nc2cc3n(n2)CC(C)(C)OC3)nc2ncc(Oc3ccnc(N)c3)c(C#N)c21. The van der Waals surface area contributed by atoms with Crippen LogP contribution in [0.2, 0.25) is 0 Å². The molecule has 0 amide bonds. The van der Waals surface area contributed by atoms with Crippen LogP contribution in [0.25, 0.3) is 11.2 Å². The maximum absolute atomic E-state index is 9.85. The van der Waals surface area contributed by atoms with Gasteiger partial charge in [0.15, 0.2) is 17.2 Å². The zero-order valence-electron chi connectivity index (χ0n) is 17.8. The number of nitrogens with zero attached hydrogens (tertiary/aromatic N) is 7. The van der Waals surface area contributed by atoms with E-state index in [2.05, 4.69) is 31.4 Å². The first kappa shape index (κ1) is 19.8. The summed E-state index contributed by atoms with van der Waals surface area (Å²) in [5.41, 5.74) is 7.70. The van der Waals surface area contributed by atoms with Crippen molar-refractivity contribution in [3.8, 4) is 17.6 Å². The second kappa shape index (κ2) is 7.21. The van der Waals surface area contributed by atoms with Gasteiger partial charge in [-0.2, -0.15) is 15.3 Å². The lowest BCUT2D eigenvalue weighted by molar-refractivity contribution is -0.0660. The van der Waals surface area contributed by atoms with Crippen molar-refractivity contribution >= 4 is 28.7 Å². The lowest BCUT2D eigenvalue weighted by Gasteiger charge is -2.30. The first-order valence-corrected chi connectivity index (χ1v) is 9.95. The summed E-state index contributed by atoms with van der Waals surface area (Å²) in [7, 11) is 1.80. The Balaban J connectivity index is 1.49. The molecule has 0 saturated carbocycles. The molecule has 4 aromatic heterocycles. The highest BCUT2D eigenvalue weighted by atomic mass is 16.5. The molecule has 0 atom stereocenters. The third kappa shape index (κ3) is 3.46. The van der Waals surface area contributed by atoms with Gasteiger partial charge >= 0.3 is 0 Å². The summed E-state index contributed by atoms with van der Waals surface area (Å²) in [6, 6.07) is 7.36. The summed E-state index contributed by atoms with van der Waals surface area (Å²) in [4.78, 5) is 12.9. The quantitative estimate of drug-likeness (QED) is 0.499. The van der Waals surface area contributed by atoms with Crippen molar-refractivity contribution in [1.82, 2.24) is 29.3 Å². The first-order chi connectivity index (χ1) is 15.3. The van der Waals surface area contributed by atoms with Gasteiger partial charge in [-0.3, -0.25) is 4.68 Å². The highest BCUT2D eigenvalue weighted by Crippen LogP contribution is 2.32. The number of ether oxygens (including phenoxy) is 2. The van der Waals surface area contributed by atoms with Gasteiger partial charge in [0.25, 0.3) is 0 Å². The van der Waals surface area contributed by atoms with Crippen LogP contribution in [0.4, 0.5) is 17.6 Å². The molecular weight excluding hydrogens is 410 g/mol. The van der Waals surface area contributed by atoms with Crippen molar-refractivity contribution in [2.75, 3.05) is 11.1 Å². The number of nitrogens with two attached hydrogens (primary N) is 1. The van der Waals surface area contributed by atoms with E-state index < -0.39 is 0 Å². The summed E-state index contributed by atoms with van der Waals surface area (Å²) in [6.45, 7) is 5.22. The maximum atomic E-state index is 9.85. The van der Waals surface area contributed by atoms with Crippen molar-refractivity contribution in [2.24, 2.45) is 7.05 Å². The molecule has 32 heavy (non-hydrogen) atoms. The number of hydrogen-bond acceptors (Lipinski definition) is 9. The minimum atomic E-state index is -0.268. The standard InChI is InChI=1S/C21H21N9O2/c1-21(2)11-30-12(10-31-21)6-17(28-30)26-20-27-19-18(29(20)3)14(8-22)15(9-25-19)32-13-4-5-24-16(23)7-13/h4-7,9H,10-11H2,1-3H3,(H2,23,24)(H,25,26,27,28). The van der Waals surface area contributed by atoms with Crippen molar-refractivity contribution < 1.29 is 9.47 Å². The number of pyridine rings is 2. The molecule has 0 unspecified atom stereocenters. The molecule has 0 fully saturated rings. The van der Waals surface area contributed by atoms with Gasteiger partial charge in [-0.15, -0.1) is 0 Å². The number of nitrogens with one attached hydrogen (secondary N) is 1. The molecule has 3 N–H and O–H groups in total. The van der Waals surface area contributed by atoms with E-state index in [9.17, 15) is 5.26 Å². The van der Waals surface area contributed by atoms with Crippen molar-refractivity contribution in [1.29, 1.82) is 5.26 Å². The molecule has 0 aromatic carbocycles. The molecule has 0 saturated heterocycles. The van der Waals surface area contributed by atoms with Gasteiger partial charge in [-0.05, 0) is 19.9 Å². The Labute approximate surface area is 183 Å². The van der Waals surface area contributed by atoms with Gasteiger partial charge in [-0.1, -0.05) is 0 Å². The molecule has 162 valence electrons. The van der Waals surface area contributed by atoms with E-state index in [1.807, 2.05) is 24.6 Å². The predicted molar refractivity (Wildman–Crippen MR) is 116 cm³/mol. The van der Waals surface area contributed by atoms with Gasteiger partial charge < -0.3 is 25.1 Å². The third-order valence-corrected chi connectivity index (χ3v) is 5.20. The second-order valence-corrected chi connectivity index (χ2v) is 8.15. The molecule has 0 bridgehead atoms. The van der Waals surface area contributed by atoms with Crippen LogP contribution in [0.3, 0.4) is 0 Å². The molecule has 5 heterocycles. The predicted octanol–water partition coefficient (Wildman–Crippen LogP) is 2.86. The van der Waals surface area contributed by atoms with Crippen LogP contribution in [0.5, 0.6) is 11.5 Å². The fourth-order valence-electron chi connectivity index (χ4n) is 3.63. The fourth-order valence-corrected chi connectivity index (χ4v) is 3.63. The Bertz CT molecular complexity index is 1380. The van der Waals surface area contributed by atoms with Crippen LogP contribution in [-0.2, 0) is 24.9 Å². The fraction of sp³-hybridized carbons (Fsp3) is 0.286. The summed E-state index contributed by atoms with van der Waals surface area (Å²) < 4.78 is 15.4. The van der Waals surface area contributed by atoms with E-state index in [0.29, 0.717) is 59.0 Å². The molecule has 1 aliphatic heterocycles. The number of nitriles is 1. The highest BCUT2D eigenvalue weighted by Gasteiger charge is 2.27. The minimum absolute atomic E-state index is 0.268. The molecule has 1 aliphatic rings. The highest BCUT2D eigenvalue weighted by molar-refractivity contribution is 5.84. The average molecular weight is 431 g/mol. The molecule has 11 nitrogen and oxygen atoms in total. The zero-order chi connectivity index (χ0) is 22.5. The van der Waals surface area contributed by atoms with E-state index in [4.69, 9.17) is 15.2 Å². The number of hydrogen-bond donors (Lipinski definition) is 2. The second-order valence-electron chi connectivity index (χ2n) is 8.15. The smallest absolute Gasteiger partial charge is 0.210 e. The monoisotopic (exact) mass is 431 g/mol. The molecule has 0 radical (unpaired) electrons. The topological polar surface area (TPSA) is 142 Å². The Morgan fingerprint density at radius 1 is 1.31 bits per heavy atom. The molecule has 0 spiro atoms.